The lowest BCUT2D eigenvalue weighted by atomic mass is 9.95. The Morgan fingerprint density at radius 3 is 2.12 bits per heavy atom. The second kappa shape index (κ2) is 9.16. The van der Waals surface area contributed by atoms with Crippen LogP contribution in [0.3, 0.4) is 0 Å². The van der Waals surface area contributed by atoms with Crippen molar-refractivity contribution in [2.75, 3.05) is 33.8 Å². The summed E-state index contributed by atoms with van der Waals surface area (Å²) in [6.45, 7) is 2.02. The summed E-state index contributed by atoms with van der Waals surface area (Å²) in [5.41, 5.74) is 4.50. The van der Waals surface area contributed by atoms with Gasteiger partial charge in [-0.3, -0.25) is 4.79 Å². The van der Waals surface area contributed by atoms with Gasteiger partial charge < -0.3 is 28.7 Å². The summed E-state index contributed by atoms with van der Waals surface area (Å²) in [5.74, 6) is 1.81. The highest BCUT2D eigenvalue weighted by Gasteiger charge is 2.19. The average Bonchev–Trinajstić information content (AvgIpc) is 3.32. The van der Waals surface area contributed by atoms with Gasteiger partial charge in [-0.25, -0.2) is 0 Å². The van der Waals surface area contributed by atoms with Crippen LogP contribution in [0.1, 0.15) is 15.9 Å². The maximum Gasteiger partial charge on any atom is 0.259 e. The van der Waals surface area contributed by atoms with Gasteiger partial charge in [-0.15, -0.1) is 0 Å². The van der Waals surface area contributed by atoms with Crippen molar-refractivity contribution in [3.8, 4) is 34.1 Å². The highest BCUT2D eigenvalue weighted by atomic mass is 16.5. The predicted octanol–water partition coefficient (Wildman–Crippen LogP) is 5.69. The molecule has 1 aromatic heterocycles. The molecule has 0 saturated heterocycles. The van der Waals surface area contributed by atoms with Crippen LogP contribution in [-0.4, -0.2) is 34.3 Å². The number of hydrogen-bond acceptors (Lipinski definition) is 6. The first kappa shape index (κ1) is 22.1. The lowest BCUT2D eigenvalue weighted by molar-refractivity contribution is 0.102. The van der Waals surface area contributed by atoms with Crippen molar-refractivity contribution in [1.29, 1.82) is 0 Å². The minimum Gasteiger partial charge on any atom is -0.497 e. The zero-order valence-electron chi connectivity index (χ0n) is 19.1. The third-order valence-corrected chi connectivity index (χ3v) is 5.51. The quantitative estimate of drug-likeness (QED) is 0.392. The Hall–Kier alpha value is -4.13. The number of benzene rings is 3. The molecule has 1 amide bonds. The molecule has 0 aliphatic heterocycles. The predicted molar refractivity (Wildman–Crippen MR) is 127 cm³/mol. The summed E-state index contributed by atoms with van der Waals surface area (Å²) in [4.78, 5) is 13.2. The summed E-state index contributed by atoms with van der Waals surface area (Å²) in [6, 6.07) is 14.8. The van der Waals surface area contributed by atoms with E-state index < -0.39 is 0 Å². The molecule has 7 heteroatoms. The minimum absolute atomic E-state index is 0.317. The van der Waals surface area contributed by atoms with Crippen LogP contribution in [0, 0.1) is 6.92 Å². The lowest BCUT2D eigenvalue weighted by Gasteiger charge is -2.15. The zero-order chi connectivity index (χ0) is 23.5. The Bertz CT molecular complexity index is 1300. The second-order valence-corrected chi connectivity index (χ2v) is 7.37. The maximum atomic E-state index is 13.2. The fourth-order valence-electron chi connectivity index (χ4n) is 3.89. The van der Waals surface area contributed by atoms with Gasteiger partial charge in [0.2, 0.25) is 5.75 Å². The van der Waals surface area contributed by atoms with E-state index in [9.17, 15) is 4.79 Å². The van der Waals surface area contributed by atoms with Gasteiger partial charge in [0, 0.05) is 23.2 Å². The molecule has 0 unspecified atom stereocenters. The first-order valence-corrected chi connectivity index (χ1v) is 10.3. The van der Waals surface area contributed by atoms with Gasteiger partial charge in [0.1, 0.15) is 11.3 Å². The number of hydrogen-bond donors (Lipinski definition) is 1. The number of ether oxygens (including phenoxy) is 4. The van der Waals surface area contributed by atoms with Crippen molar-refractivity contribution in [3.05, 3.63) is 65.9 Å². The van der Waals surface area contributed by atoms with Gasteiger partial charge in [0.05, 0.1) is 40.3 Å². The van der Waals surface area contributed by atoms with Crippen LogP contribution in [0.25, 0.3) is 22.1 Å². The summed E-state index contributed by atoms with van der Waals surface area (Å²) >= 11 is 0. The molecule has 3 aromatic carbocycles. The van der Waals surface area contributed by atoms with Crippen molar-refractivity contribution in [2.45, 2.75) is 6.92 Å². The molecular weight excluding hydrogens is 422 g/mol. The third kappa shape index (κ3) is 4.05. The smallest absolute Gasteiger partial charge is 0.259 e. The molecule has 0 fully saturated rings. The van der Waals surface area contributed by atoms with Crippen LogP contribution in [0.15, 0.2) is 59.2 Å². The van der Waals surface area contributed by atoms with Crippen LogP contribution < -0.4 is 24.3 Å². The molecule has 170 valence electrons. The second-order valence-electron chi connectivity index (χ2n) is 7.37. The van der Waals surface area contributed by atoms with Crippen molar-refractivity contribution in [2.24, 2.45) is 0 Å². The molecule has 0 radical (unpaired) electrons. The van der Waals surface area contributed by atoms with Crippen molar-refractivity contribution in [1.82, 2.24) is 0 Å². The molecule has 4 rings (SSSR count). The van der Waals surface area contributed by atoms with E-state index in [1.807, 2.05) is 37.3 Å². The van der Waals surface area contributed by atoms with Gasteiger partial charge in [-0.1, -0.05) is 12.1 Å². The fourth-order valence-corrected chi connectivity index (χ4v) is 3.89. The van der Waals surface area contributed by atoms with E-state index in [2.05, 4.69) is 5.32 Å². The molecule has 1 N–H and O–H groups in total. The van der Waals surface area contributed by atoms with Crippen LogP contribution in [-0.2, 0) is 0 Å². The number of fused-ring (bicyclic) bond motifs is 1. The molecule has 4 aromatic rings. The summed E-state index contributed by atoms with van der Waals surface area (Å²) in [7, 11) is 6.22. The largest absolute Gasteiger partial charge is 0.497 e. The van der Waals surface area contributed by atoms with Gasteiger partial charge in [-0.2, -0.15) is 0 Å². The first-order valence-electron chi connectivity index (χ1n) is 10.3. The van der Waals surface area contributed by atoms with Crippen molar-refractivity contribution >= 4 is 22.6 Å². The fraction of sp³-hybridized carbons (Fsp3) is 0.192. The first-order chi connectivity index (χ1) is 16.0. The SMILES string of the molecule is COc1ccc(-c2ccc(C(=O)Nc3cc(OC)c(OC)c(OC)c3)c3occc23)c(C)c1. The van der Waals surface area contributed by atoms with E-state index in [1.54, 1.807) is 31.6 Å². The molecule has 1 heterocycles. The van der Waals surface area contributed by atoms with Gasteiger partial charge in [0.25, 0.3) is 5.91 Å². The average molecular weight is 447 g/mol. The maximum absolute atomic E-state index is 13.2. The normalized spacial score (nSPS) is 10.7. The molecular formula is C26H25NO6. The standard InChI is InChI=1S/C26H25NO6/c1-15-12-17(29-2)6-7-18(15)19-8-9-21(24-20(19)10-11-33-24)26(28)27-16-13-22(30-3)25(32-5)23(14-16)31-4/h6-14H,1-5H3,(H,27,28). The van der Waals surface area contributed by atoms with Crippen LogP contribution in [0.2, 0.25) is 0 Å². The van der Waals surface area contributed by atoms with Gasteiger partial charge >= 0.3 is 0 Å². The number of carbonyl (C=O) groups is 1. The Balaban J connectivity index is 1.71. The van der Waals surface area contributed by atoms with Crippen LogP contribution >= 0.6 is 0 Å². The third-order valence-electron chi connectivity index (χ3n) is 5.51. The van der Waals surface area contributed by atoms with Gasteiger partial charge in [0.15, 0.2) is 11.5 Å². The molecule has 0 saturated carbocycles. The Labute approximate surface area is 191 Å². The number of rotatable bonds is 7. The zero-order valence-corrected chi connectivity index (χ0v) is 19.1. The van der Waals surface area contributed by atoms with Crippen LogP contribution in [0.4, 0.5) is 5.69 Å². The Kier molecular flexibility index (Phi) is 6.13. The number of amides is 1. The van der Waals surface area contributed by atoms with Crippen molar-refractivity contribution in [3.63, 3.8) is 0 Å². The summed E-state index contributed by atoms with van der Waals surface area (Å²) < 4.78 is 27.1. The number of anilines is 1. The monoisotopic (exact) mass is 447 g/mol. The van der Waals surface area contributed by atoms with E-state index in [4.69, 9.17) is 23.4 Å². The number of aryl methyl sites for hydroxylation is 1. The molecule has 0 aliphatic carbocycles. The molecule has 0 atom stereocenters. The van der Waals surface area contributed by atoms with E-state index in [0.29, 0.717) is 34.1 Å². The topological polar surface area (TPSA) is 79.2 Å². The Morgan fingerprint density at radius 2 is 1.52 bits per heavy atom. The van der Waals surface area contributed by atoms with E-state index in [1.165, 1.54) is 21.3 Å². The molecule has 0 aliphatic rings. The highest BCUT2D eigenvalue weighted by Crippen LogP contribution is 2.40. The number of carbonyl (C=O) groups excluding carboxylic acids is 1. The van der Waals surface area contributed by atoms with Gasteiger partial charge in [-0.05, 0) is 47.9 Å². The minimum atomic E-state index is -0.317. The number of nitrogens with one attached hydrogen (secondary N) is 1. The summed E-state index contributed by atoms with van der Waals surface area (Å²) in [5, 5.41) is 3.74. The number of methoxy groups -OCH3 is 4. The highest BCUT2D eigenvalue weighted by molar-refractivity contribution is 6.14. The van der Waals surface area contributed by atoms with Crippen molar-refractivity contribution < 1.29 is 28.2 Å². The molecule has 0 spiro atoms. The lowest BCUT2D eigenvalue weighted by Crippen LogP contribution is -2.12. The van der Waals surface area contributed by atoms with E-state index in [-0.39, 0.29) is 5.91 Å². The van der Waals surface area contributed by atoms with E-state index >= 15 is 0 Å². The molecule has 33 heavy (non-hydrogen) atoms. The summed E-state index contributed by atoms with van der Waals surface area (Å²) in [6.07, 6.45) is 1.59. The molecule has 0 bridgehead atoms. The van der Waals surface area contributed by atoms with Crippen LogP contribution in [0.5, 0.6) is 23.0 Å². The Morgan fingerprint density at radius 1 is 0.818 bits per heavy atom. The number of furan rings is 1. The molecule has 7 nitrogen and oxygen atoms in total. The van der Waals surface area contributed by atoms with E-state index in [0.717, 1.165) is 27.8 Å².